The van der Waals surface area contributed by atoms with Crippen molar-refractivity contribution in [3.8, 4) is 5.75 Å². The van der Waals surface area contributed by atoms with Gasteiger partial charge < -0.3 is 14.8 Å². The van der Waals surface area contributed by atoms with Crippen LogP contribution in [0.2, 0.25) is 0 Å². The van der Waals surface area contributed by atoms with Gasteiger partial charge in [-0.25, -0.2) is 0 Å². The third-order valence-electron chi connectivity index (χ3n) is 3.14. The summed E-state index contributed by atoms with van der Waals surface area (Å²) in [5.41, 5.74) is 1.65. The fourth-order valence-corrected chi connectivity index (χ4v) is 2.29. The minimum absolute atomic E-state index is 0.341. The normalized spacial score (nSPS) is 11.0. The summed E-state index contributed by atoms with van der Waals surface area (Å²) in [4.78, 5) is 0. The zero-order valence-electron chi connectivity index (χ0n) is 10.8. The van der Waals surface area contributed by atoms with E-state index in [1.54, 1.807) is 19.2 Å². The summed E-state index contributed by atoms with van der Waals surface area (Å²) in [5, 5.41) is 20.5. The van der Waals surface area contributed by atoms with Gasteiger partial charge >= 0.3 is 7.12 Å². The summed E-state index contributed by atoms with van der Waals surface area (Å²) in [5.74, 6) is 1.21. The highest BCUT2D eigenvalue weighted by Crippen LogP contribution is 2.33. The summed E-state index contributed by atoms with van der Waals surface area (Å²) in [7, 11) is 0.234. The van der Waals surface area contributed by atoms with E-state index in [4.69, 9.17) is 4.74 Å². The minimum Gasteiger partial charge on any atom is -0.496 e. The first kappa shape index (κ1) is 12.9. The first-order valence-corrected chi connectivity index (χ1v) is 6.01. The third-order valence-corrected chi connectivity index (χ3v) is 3.14. The molecule has 0 amide bonds. The molecule has 0 saturated carbocycles. The number of ether oxygens (including phenoxy) is 1. The Kier molecular flexibility index (Phi) is 3.59. The average molecular weight is 244 g/mol. The standard InChI is InChI=1S/C14H17BO3/c1-9(2)14-12-6-5-11(15(16)17)8-10(12)4-7-13(14)18-3/h4-9,16-17H,1-3H3. The smallest absolute Gasteiger partial charge is 0.488 e. The van der Waals surface area contributed by atoms with Gasteiger partial charge in [0, 0.05) is 5.56 Å². The highest BCUT2D eigenvalue weighted by atomic mass is 16.5. The molecule has 4 heteroatoms. The van der Waals surface area contributed by atoms with Crippen molar-refractivity contribution in [1.82, 2.24) is 0 Å². The van der Waals surface area contributed by atoms with Gasteiger partial charge in [-0.3, -0.25) is 0 Å². The molecule has 18 heavy (non-hydrogen) atoms. The largest absolute Gasteiger partial charge is 0.496 e. The fourth-order valence-electron chi connectivity index (χ4n) is 2.29. The van der Waals surface area contributed by atoms with Crippen LogP contribution < -0.4 is 10.2 Å². The molecule has 0 spiro atoms. The predicted octanol–water partition coefficient (Wildman–Crippen LogP) is 1.65. The second-order valence-electron chi connectivity index (χ2n) is 4.69. The van der Waals surface area contributed by atoms with Crippen molar-refractivity contribution >= 4 is 23.4 Å². The summed E-state index contributed by atoms with van der Waals surface area (Å²) in [6, 6.07) is 9.31. The molecule has 0 atom stereocenters. The van der Waals surface area contributed by atoms with Crippen LogP contribution in [-0.4, -0.2) is 24.3 Å². The second-order valence-corrected chi connectivity index (χ2v) is 4.69. The molecule has 2 rings (SSSR count). The lowest BCUT2D eigenvalue weighted by Gasteiger charge is -2.15. The van der Waals surface area contributed by atoms with Crippen molar-refractivity contribution in [2.75, 3.05) is 7.11 Å². The number of benzene rings is 2. The summed E-state index contributed by atoms with van der Waals surface area (Å²) in [6.45, 7) is 4.23. The van der Waals surface area contributed by atoms with Crippen molar-refractivity contribution in [3.05, 3.63) is 35.9 Å². The Labute approximate surface area is 107 Å². The molecule has 0 aliphatic rings. The van der Waals surface area contributed by atoms with E-state index in [-0.39, 0.29) is 0 Å². The van der Waals surface area contributed by atoms with Crippen LogP contribution in [0.4, 0.5) is 0 Å². The van der Waals surface area contributed by atoms with Crippen molar-refractivity contribution < 1.29 is 14.8 Å². The number of fused-ring (bicyclic) bond motifs is 1. The maximum absolute atomic E-state index is 9.19. The molecule has 0 fully saturated rings. The molecular formula is C14H17BO3. The van der Waals surface area contributed by atoms with Gasteiger partial charge in [0.15, 0.2) is 0 Å². The van der Waals surface area contributed by atoms with Crippen molar-refractivity contribution in [3.63, 3.8) is 0 Å². The highest BCUT2D eigenvalue weighted by molar-refractivity contribution is 6.58. The van der Waals surface area contributed by atoms with E-state index in [1.807, 2.05) is 18.2 Å². The number of hydrogen-bond acceptors (Lipinski definition) is 3. The fraction of sp³-hybridized carbons (Fsp3) is 0.286. The third kappa shape index (κ3) is 2.21. The zero-order valence-corrected chi connectivity index (χ0v) is 10.8. The SMILES string of the molecule is COc1ccc2cc(B(O)O)ccc2c1C(C)C. The monoisotopic (exact) mass is 244 g/mol. The molecule has 0 aliphatic heterocycles. The molecule has 0 saturated heterocycles. The molecule has 0 unspecified atom stereocenters. The molecule has 2 aromatic carbocycles. The Bertz CT molecular complexity index is 564. The second kappa shape index (κ2) is 5.00. The molecule has 3 nitrogen and oxygen atoms in total. The lowest BCUT2D eigenvalue weighted by atomic mass is 9.79. The predicted molar refractivity (Wildman–Crippen MR) is 74.4 cm³/mol. The van der Waals surface area contributed by atoms with Crippen LogP contribution in [0.3, 0.4) is 0 Å². The molecule has 0 radical (unpaired) electrons. The summed E-state index contributed by atoms with van der Waals surface area (Å²) in [6.07, 6.45) is 0. The van der Waals surface area contributed by atoms with Crippen LogP contribution in [0.5, 0.6) is 5.75 Å². The number of hydrogen-bond donors (Lipinski definition) is 2. The topological polar surface area (TPSA) is 49.7 Å². The van der Waals surface area contributed by atoms with Gasteiger partial charge in [-0.05, 0) is 28.2 Å². The van der Waals surface area contributed by atoms with Crippen LogP contribution >= 0.6 is 0 Å². The summed E-state index contributed by atoms with van der Waals surface area (Å²) >= 11 is 0. The highest BCUT2D eigenvalue weighted by Gasteiger charge is 2.15. The molecule has 0 bridgehead atoms. The lowest BCUT2D eigenvalue weighted by molar-refractivity contribution is 0.408. The van der Waals surface area contributed by atoms with Crippen molar-refractivity contribution in [2.45, 2.75) is 19.8 Å². The van der Waals surface area contributed by atoms with Gasteiger partial charge in [-0.2, -0.15) is 0 Å². The molecule has 94 valence electrons. The Morgan fingerprint density at radius 1 is 1.11 bits per heavy atom. The van der Waals surface area contributed by atoms with Gasteiger partial charge in [-0.1, -0.05) is 38.1 Å². The Hall–Kier alpha value is -1.52. The van der Waals surface area contributed by atoms with Gasteiger partial charge in [0.1, 0.15) is 5.75 Å². The quantitative estimate of drug-likeness (QED) is 0.807. The first-order chi connectivity index (χ1) is 8.54. The van der Waals surface area contributed by atoms with Crippen molar-refractivity contribution in [1.29, 1.82) is 0 Å². The van der Waals surface area contributed by atoms with E-state index in [0.29, 0.717) is 11.4 Å². The van der Waals surface area contributed by atoms with E-state index in [1.165, 1.54) is 0 Å². The first-order valence-electron chi connectivity index (χ1n) is 6.01. The molecule has 2 aromatic rings. The van der Waals surface area contributed by atoms with Crippen molar-refractivity contribution in [2.24, 2.45) is 0 Å². The average Bonchev–Trinajstić information content (AvgIpc) is 2.36. The minimum atomic E-state index is -1.43. The van der Waals surface area contributed by atoms with E-state index < -0.39 is 7.12 Å². The molecule has 2 N–H and O–H groups in total. The maximum atomic E-state index is 9.19. The zero-order chi connectivity index (χ0) is 13.3. The van der Waals surface area contributed by atoms with E-state index >= 15 is 0 Å². The number of rotatable bonds is 3. The number of methoxy groups -OCH3 is 1. The van der Waals surface area contributed by atoms with Gasteiger partial charge in [-0.15, -0.1) is 0 Å². The molecule has 0 heterocycles. The van der Waals surface area contributed by atoms with Crippen LogP contribution in [-0.2, 0) is 0 Å². The lowest BCUT2D eigenvalue weighted by Crippen LogP contribution is -2.29. The Balaban J connectivity index is 2.70. The van der Waals surface area contributed by atoms with Crippen LogP contribution in [0.25, 0.3) is 10.8 Å². The van der Waals surface area contributed by atoms with Gasteiger partial charge in [0.2, 0.25) is 0 Å². The van der Waals surface area contributed by atoms with Crippen LogP contribution in [0.15, 0.2) is 30.3 Å². The van der Waals surface area contributed by atoms with E-state index in [0.717, 1.165) is 22.1 Å². The van der Waals surface area contributed by atoms with Gasteiger partial charge in [0.05, 0.1) is 7.11 Å². The van der Waals surface area contributed by atoms with Gasteiger partial charge in [0.25, 0.3) is 0 Å². The van der Waals surface area contributed by atoms with E-state index in [9.17, 15) is 10.0 Å². The maximum Gasteiger partial charge on any atom is 0.488 e. The Morgan fingerprint density at radius 3 is 2.39 bits per heavy atom. The Morgan fingerprint density at radius 2 is 1.83 bits per heavy atom. The van der Waals surface area contributed by atoms with Crippen LogP contribution in [0.1, 0.15) is 25.3 Å². The summed E-state index contributed by atoms with van der Waals surface area (Å²) < 4.78 is 5.39. The molecule has 0 aromatic heterocycles. The molecular weight excluding hydrogens is 227 g/mol. The molecule has 0 aliphatic carbocycles. The van der Waals surface area contributed by atoms with E-state index in [2.05, 4.69) is 13.8 Å². The van der Waals surface area contributed by atoms with Crippen LogP contribution in [0, 0.1) is 0 Å².